The third-order valence-electron chi connectivity index (χ3n) is 2.29. The predicted octanol–water partition coefficient (Wildman–Crippen LogP) is 4.07. The first kappa shape index (κ1) is 10.3. The average Bonchev–Trinajstić information content (AvgIpc) is 2.76. The summed E-state index contributed by atoms with van der Waals surface area (Å²) in [7, 11) is 0. The van der Waals surface area contributed by atoms with E-state index in [9.17, 15) is 0 Å². The summed E-state index contributed by atoms with van der Waals surface area (Å²) in [6, 6.07) is 11.8. The minimum absolute atomic E-state index is 0.252. The Labute approximate surface area is 93.1 Å². The van der Waals surface area contributed by atoms with Gasteiger partial charge in [0.25, 0.3) is 0 Å². The van der Waals surface area contributed by atoms with Crippen LogP contribution in [-0.2, 0) is 6.54 Å². The Kier molecular flexibility index (Phi) is 2.94. The van der Waals surface area contributed by atoms with E-state index in [1.54, 1.807) is 0 Å². The van der Waals surface area contributed by atoms with E-state index in [0.717, 1.165) is 11.3 Å². The van der Waals surface area contributed by atoms with E-state index in [-0.39, 0.29) is 6.54 Å². The number of hydrogen-bond donors (Lipinski definition) is 0. The van der Waals surface area contributed by atoms with Crippen molar-refractivity contribution in [1.82, 2.24) is 0 Å². The van der Waals surface area contributed by atoms with Gasteiger partial charge in [-0.3, -0.25) is 0 Å². The zero-order chi connectivity index (χ0) is 11.4. The van der Waals surface area contributed by atoms with Crippen molar-refractivity contribution in [2.45, 2.75) is 13.5 Å². The van der Waals surface area contributed by atoms with E-state index in [1.165, 1.54) is 5.56 Å². The molecule has 1 heterocycles. The third-order valence-corrected chi connectivity index (χ3v) is 2.29. The maximum atomic E-state index is 8.20. The molecule has 4 nitrogen and oxygen atoms in total. The molecule has 16 heavy (non-hydrogen) atoms. The Balaban J connectivity index is 2.24. The highest BCUT2D eigenvalue weighted by atomic mass is 16.3. The number of furan rings is 1. The van der Waals surface area contributed by atoms with E-state index in [1.807, 2.05) is 43.3 Å². The molecule has 0 radical (unpaired) electrons. The van der Waals surface area contributed by atoms with Crippen LogP contribution < -0.4 is 0 Å². The second-order valence-corrected chi connectivity index (χ2v) is 3.52. The van der Waals surface area contributed by atoms with Crippen LogP contribution in [0.15, 0.2) is 45.9 Å². The molecule has 0 saturated carbocycles. The highest BCUT2D eigenvalue weighted by Crippen LogP contribution is 2.22. The van der Waals surface area contributed by atoms with Gasteiger partial charge in [0.05, 0.1) is 6.54 Å². The van der Waals surface area contributed by atoms with Crippen LogP contribution in [-0.4, -0.2) is 0 Å². The summed E-state index contributed by atoms with van der Waals surface area (Å²) in [5.41, 5.74) is 10.4. The zero-order valence-electron chi connectivity index (χ0n) is 8.92. The van der Waals surface area contributed by atoms with Gasteiger partial charge in [-0.05, 0) is 24.6 Å². The Bertz CT molecular complexity index is 521. The van der Waals surface area contributed by atoms with Gasteiger partial charge in [0.1, 0.15) is 11.5 Å². The largest absolute Gasteiger partial charge is 0.461 e. The lowest BCUT2D eigenvalue weighted by molar-refractivity contribution is 0.525. The minimum Gasteiger partial charge on any atom is -0.461 e. The first-order valence-electron chi connectivity index (χ1n) is 4.96. The summed E-state index contributed by atoms with van der Waals surface area (Å²) in [4.78, 5) is 2.69. The molecular formula is C12H11N3O. The van der Waals surface area contributed by atoms with Gasteiger partial charge in [-0.15, -0.1) is 0 Å². The lowest BCUT2D eigenvalue weighted by Crippen LogP contribution is -1.75. The lowest BCUT2D eigenvalue weighted by Gasteiger charge is -1.97. The summed E-state index contributed by atoms with van der Waals surface area (Å²) in [6.07, 6.45) is 0. The fraction of sp³-hybridized carbons (Fsp3) is 0.167. The number of nitrogens with zero attached hydrogens (tertiary/aromatic N) is 3. The standard InChI is InChI=1S/C12H11N3O/c1-9-2-4-10(5-3-9)12-7-6-11(16-12)8-14-15-13/h2-7H,8H2,1H3. The van der Waals surface area contributed by atoms with Gasteiger partial charge in [0.2, 0.25) is 0 Å². The molecule has 2 rings (SSSR count). The van der Waals surface area contributed by atoms with Crippen LogP contribution >= 0.6 is 0 Å². The van der Waals surface area contributed by atoms with Gasteiger partial charge in [0.15, 0.2) is 0 Å². The van der Waals surface area contributed by atoms with Crippen molar-refractivity contribution < 1.29 is 4.42 Å². The first-order valence-corrected chi connectivity index (χ1v) is 4.96. The van der Waals surface area contributed by atoms with E-state index in [2.05, 4.69) is 10.0 Å². The fourth-order valence-electron chi connectivity index (χ4n) is 1.44. The maximum Gasteiger partial charge on any atom is 0.134 e. The number of aryl methyl sites for hydroxylation is 1. The Hall–Kier alpha value is -2.19. The molecule has 1 aromatic heterocycles. The molecule has 4 heteroatoms. The average molecular weight is 213 g/mol. The first-order chi connectivity index (χ1) is 7.79. The molecule has 0 saturated heterocycles. The Morgan fingerprint density at radius 1 is 1.19 bits per heavy atom. The van der Waals surface area contributed by atoms with Gasteiger partial charge in [-0.2, -0.15) is 0 Å². The van der Waals surface area contributed by atoms with Crippen molar-refractivity contribution in [1.29, 1.82) is 0 Å². The van der Waals surface area contributed by atoms with Gasteiger partial charge in [0, 0.05) is 10.5 Å². The summed E-state index contributed by atoms with van der Waals surface area (Å²) in [6.45, 7) is 2.29. The summed E-state index contributed by atoms with van der Waals surface area (Å²) < 4.78 is 5.55. The van der Waals surface area contributed by atoms with Gasteiger partial charge < -0.3 is 4.42 Å². The fourth-order valence-corrected chi connectivity index (χ4v) is 1.44. The molecule has 0 bridgehead atoms. The van der Waals surface area contributed by atoms with Gasteiger partial charge in [-0.1, -0.05) is 34.9 Å². The maximum absolute atomic E-state index is 8.20. The van der Waals surface area contributed by atoms with Crippen molar-refractivity contribution in [3.8, 4) is 11.3 Å². The molecule has 0 amide bonds. The Morgan fingerprint density at radius 3 is 2.62 bits per heavy atom. The normalized spacial score (nSPS) is 9.81. The molecule has 1 aromatic carbocycles. The number of rotatable bonds is 3. The Morgan fingerprint density at radius 2 is 1.94 bits per heavy atom. The molecule has 80 valence electrons. The molecule has 0 N–H and O–H groups in total. The molecule has 0 unspecified atom stereocenters. The number of azide groups is 1. The summed E-state index contributed by atoms with van der Waals surface area (Å²) >= 11 is 0. The van der Waals surface area contributed by atoms with Crippen LogP contribution in [0.25, 0.3) is 21.8 Å². The predicted molar refractivity (Wildman–Crippen MR) is 61.7 cm³/mol. The quantitative estimate of drug-likeness (QED) is 0.430. The minimum atomic E-state index is 0.252. The molecule has 0 atom stereocenters. The zero-order valence-corrected chi connectivity index (χ0v) is 8.92. The number of benzene rings is 1. The van der Waals surface area contributed by atoms with Crippen LogP contribution in [0.3, 0.4) is 0 Å². The van der Waals surface area contributed by atoms with Gasteiger partial charge in [-0.25, -0.2) is 0 Å². The van der Waals surface area contributed by atoms with Crippen LogP contribution in [0.1, 0.15) is 11.3 Å². The molecule has 2 aromatic rings. The van der Waals surface area contributed by atoms with Crippen LogP contribution in [0.2, 0.25) is 0 Å². The van der Waals surface area contributed by atoms with Crippen molar-refractivity contribution in [3.63, 3.8) is 0 Å². The second kappa shape index (κ2) is 4.55. The summed E-state index contributed by atoms with van der Waals surface area (Å²) in [5, 5.41) is 3.45. The van der Waals surface area contributed by atoms with E-state index in [4.69, 9.17) is 9.95 Å². The number of hydrogen-bond acceptors (Lipinski definition) is 2. The van der Waals surface area contributed by atoms with Crippen LogP contribution in [0.4, 0.5) is 0 Å². The highest BCUT2D eigenvalue weighted by Gasteiger charge is 2.03. The molecule has 0 aliphatic rings. The van der Waals surface area contributed by atoms with Crippen molar-refractivity contribution in [3.05, 3.63) is 58.2 Å². The van der Waals surface area contributed by atoms with Crippen molar-refractivity contribution in [2.75, 3.05) is 0 Å². The third kappa shape index (κ3) is 2.24. The monoisotopic (exact) mass is 213 g/mol. The van der Waals surface area contributed by atoms with Crippen LogP contribution in [0, 0.1) is 6.92 Å². The lowest BCUT2D eigenvalue weighted by atomic mass is 10.1. The summed E-state index contributed by atoms with van der Waals surface area (Å²) in [5.74, 6) is 1.47. The van der Waals surface area contributed by atoms with Crippen LogP contribution in [0.5, 0.6) is 0 Å². The molecule has 0 fully saturated rings. The van der Waals surface area contributed by atoms with Crippen molar-refractivity contribution >= 4 is 0 Å². The SMILES string of the molecule is Cc1ccc(-c2ccc(CN=[N+]=[N-])o2)cc1. The highest BCUT2D eigenvalue weighted by molar-refractivity contribution is 5.57. The second-order valence-electron chi connectivity index (χ2n) is 3.52. The smallest absolute Gasteiger partial charge is 0.134 e. The molecular weight excluding hydrogens is 202 g/mol. The van der Waals surface area contributed by atoms with E-state index >= 15 is 0 Å². The van der Waals surface area contributed by atoms with E-state index in [0.29, 0.717) is 5.76 Å². The van der Waals surface area contributed by atoms with E-state index < -0.39 is 0 Å². The molecule has 0 spiro atoms. The topological polar surface area (TPSA) is 61.9 Å². The van der Waals surface area contributed by atoms with Crippen molar-refractivity contribution in [2.24, 2.45) is 5.11 Å². The molecule has 0 aliphatic carbocycles. The molecule has 0 aliphatic heterocycles. The van der Waals surface area contributed by atoms with Gasteiger partial charge >= 0.3 is 0 Å².